The monoisotopic (exact) mass is 304 g/mol. The van der Waals surface area contributed by atoms with Gasteiger partial charge in [0.2, 0.25) is 0 Å². The fourth-order valence-corrected chi connectivity index (χ4v) is 2.29. The molecule has 0 radical (unpaired) electrons. The molecule has 2 rings (SSSR count). The first kappa shape index (κ1) is 15.5. The van der Waals surface area contributed by atoms with Crippen LogP contribution in [0.2, 0.25) is 5.02 Å². The molecule has 0 fully saturated rings. The molecule has 1 aromatic carbocycles. The Bertz CT molecular complexity index is 628. The van der Waals surface area contributed by atoms with Crippen LogP contribution < -0.4 is 0 Å². The molecule has 1 N–H and O–H groups in total. The van der Waals surface area contributed by atoms with Gasteiger partial charge in [0, 0.05) is 23.8 Å². The molecule has 0 aliphatic carbocycles. The van der Waals surface area contributed by atoms with E-state index in [0.717, 1.165) is 5.56 Å². The molecule has 0 saturated heterocycles. The zero-order chi connectivity index (χ0) is 15.4. The van der Waals surface area contributed by atoms with Crippen LogP contribution in [0.1, 0.15) is 34.6 Å². The van der Waals surface area contributed by atoms with Crippen LogP contribution in [-0.4, -0.2) is 28.0 Å². The maximum atomic E-state index is 11.2. The summed E-state index contributed by atoms with van der Waals surface area (Å²) in [6, 6.07) is 11.4. The van der Waals surface area contributed by atoms with Gasteiger partial charge in [0.05, 0.1) is 0 Å². The number of pyridine rings is 1. The number of nitrogens with zero attached hydrogens (tertiary/aromatic N) is 2. The Morgan fingerprint density at radius 2 is 2.00 bits per heavy atom. The second kappa shape index (κ2) is 6.70. The van der Waals surface area contributed by atoms with E-state index in [9.17, 15) is 4.79 Å². The summed E-state index contributed by atoms with van der Waals surface area (Å²) in [6.07, 6.45) is 1.50. The lowest BCUT2D eigenvalue weighted by atomic mass is 10.1. The van der Waals surface area contributed by atoms with Crippen molar-refractivity contribution < 1.29 is 9.90 Å². The predicted octanol–water partition coefficient (Wildman–Crippen LogP) is 3.63. The molecule has 21 heavy (non-hydrogen) atoms. The summed E-state index contributed by atoms with van der Waals surface area (Å²) in [7, 11) is 1.96. The number of aromatic carboxylic acids is 1. The highest BCUT2D eigenvalue weighted by Gasteiger charge is 2.16. The van der Waals surface area contributed by atoms with E-state index in [2.05, 4.69) is 16.8 Å². The van der Waals surface area contributed by atoms with Gasteiger partial charge in [-0.25, -0.2) is 9.78 Å². The third-order valence-corrected chi connectivity index (χ3v) is 3.78. The summed E-state index contributed by atoms with van der Waals surface area (Å²) in [4.78, 5) is 17.2. The normalized spacial score (nSPS) is 12.4. The van der Waals surface area contributed by atoms with E-state index in [1.165, 1.54) is 6.20 Å². The molecule has 1 atom stereocenters. The second-order valence-corrected chi connectivity index (χ2v) is 5.40. The van der Waals surface area contributed by atoms with Crippen molar-refractivity contribution >= 4 is 17.6 Å². The topological polar surface area (TPSA) is 53.4 Å². The van der Waals surface area contributed by atoms with Crippen molar-refractivity contribution in [2.45, 2.75) is 19.5 Å². The third-order valence-electron chi connectivity index (χ3n) is 3.53. The Hall–Kier alpha value is -1.91. The largest absolute Gasteiger partial charge is 0.477 e. The summed E-state index contributed by atoms with van der Waals surface area (Å²) < 4.78 is 0. The van der Waals surface area contributed by atoms with Crippen LogP contribution in [-0.2, 0) is 6.54 Å². The highest BCUT2D eigenvalue weighted by atomic mass is 35.5. The fourth-order valence-electron chi connectivity index (χ4n) is 2.16. The SMILES string of the molecule is CC(c1ccc(Cl)cc1)N(C)Cc1cccnc1C(=O)O. The van der Waals surface area contributed by atoms with Crippen LogP contribution in [0.15, 0.2) is 42.6 Å². The first-order valence-corrected chi connectivity index (χ1v) is 6.99. The number of rotatable bonds is 5. The van der Waals surface area contributed by atoms with Gasteiger partial charge in [-0.2, -0.15) is 0 Å². The number of carboxylic acid groups (broad SMARTS) is 1. The molecule has 0 saturated carbocycles. The van der Waals surface area contributed by atoms with Gasteiger partial charge in [-0.1, -0.05) is 29.8 Å². The highest BCUT2D eigenvalue weighted by molar-refractivity contribution is 6.30. The van der Waals surface area contributed by atoms with Crippen molar-refractivity contribution in [2.24, 2.45) is 0 Å². The van der Waals surface area contributed by atoms with Gasteiger partial charge in [0.25, 0.3) is 0 Å². The first-order chi connectivity index (χ1) is 9.99. The quantitative estimate of drug-likeness (QED) is 0.916. The van der Waals surface area contributed by atoms with Crippen LogP contribution in [0.3, 0.4) is 0 Å². The zero-order valence-electron chi connectivity index (χ0n) is 12.0. The molecule has 0 spiro atoms. The van der Waals surface area contributed by atoms with E-state index in [-0.39, 0.29) is 11.7 Å². The smallest absolute Gasteiger partial charge is 0.354 e. The molecular formula is C16H17ClN2O2. The number of hydrogen-bond acceptors (Lipinski definition) is 3. The molecule has 5 heteroatoms. The summed E-state index contributed by atoms with van der Waals surface area (Å²) in [5.74, 6) is -1.00. The van der Waals surface area contributed by atoms with Gasteiger partial charge >= 0.3 is 5.97 Å². The molecule has 1 aromatic heterocycles. The van der Waals surface area contributed by atoms with Crippen molar-refractivity contribution in [1.82, 2.24) is 9.88 Å². The van der Waals surface area contributed by atoms with Crippen LogP contribution in [0.4, 0.5) is 0 Å². The minimum Gasteiger partial charge on any atom is -0.477 e. The average Bonchev–Trinajstić information content (AvgIpc) is 2.47. The standard InChI is InChI=1S/C16H17ClN2O2/c1-11(12-5-7-14(17)8-6-12)19(2)10-13-4-3-9-18-15(13)16(20)21/h3-9,11H,10H2,1-2H3,(H,20,21). The molecule has 0 bridgehead atoms. The Morgan fingerprint density at radius 3 is 2.62 bits per heavy atom. The van der Waals surface area contributed by atoms with E-state index in [1.807, 2.05) is 31.3 Å². The predicted molar refractivity (Wildman–Crippen MR) is 82.5 cm³/mol. The lowest BCUT2D eigenvalue weighted by molar-refractivity contribution is 0.0687. The number of hydrogen-bond donors (Lipinski definition) is 1. The van der Waals surface area contributed by atoms with E-state index < -0.39 is 5.97 Å². The summed E-state index contributed by atoms with van der Waals surface area (Å²) in [6.45, 7) is 2.58. The van der Waals surface area contributed by atoms with Crippen LogP contribution in [0, 0.1) is 0 Å². The minimum atomic E-state index is -1.00. The van der Waals surface area contributed by atoms with Crippen molar-refractivity contribution in [3.63, 3.8) is 0 Å². The van der Waals surface area contributed by atoms with E-state index in [1.54, 1.807) is 12.1 Å². The molecule has 4 nitrogen and oxygen atoms in total. The number of aromatic nitrogens is 1. The van der Waals surface area contributed by atoms with Gasteiger partial charge < -0.3 is 5.11 Å². The fraction of sp³-hybridized carbons (Fsp3) is 0.250. The van der Waals surface area contributed by atoms with E-state index >= 15 is 0 Å². The number of carbonyl (C=O) groups is 1. The molecular weight excluding hydrogens is 288 g/mol. The van der Waals surface area contributed by atoms with Gasteiger partial charge in [-0.3, -0.25) is 4.90 Å². The molecule has 0 aliphatic rings. The number of carboxylic acids is 1. The zero-order valence-corrected chi connectivity index (χ0v) is 12.7. The molecule has 1 unspecified atom stereocenters. The number of benzene rings is 1. The summed E-state index contributed by atoms with van der Waals surface area (Å²) in [5.41, 5.74) is 1.93. The highest BCUT2D eigenvalue weighted by Crippen LogP contribution is 2.22. The maximum Gasteiger partial charge on any atom is 0.354 e. The lowest BCUT2D eigenvalue weighted by Crippen LogP contribution is -2.23. The molecule has 0 aliphatic heterocycles. The van der Waals surface area contributed by atoms with Crippen molar-refractivity contribution in [1.29, 1.82) is 0 Å². The molecule has 1 heterocycles. The molecule has 110 valence electrons. The van der Waals surface area contributed by atoms with Gasteiger partial charge in [0.15, 0.2) is 5.69 Å². The van der Waals surface area contributed by atoms with Crippen LogP contribution in [0.5, 0.6) is 0 Å². The van der Waals surface area contributed by atoms with Crippen molar-refractivity contribution in [2.75, 3.05) is 7.05 Å². The first-order valence-electron chi connectivity index (χ1n) is 6.62. The second-order valence-electron chi connectivity index (χ2n) is 4.96. The van der Waals surface area contributed by atoms with E-state index in [0.29, 0.717) is 17.1 Å². The number of halogens is 1. The third kappa shape index (κ3) is 3.80. The minimum absolute atomic E-state index is 0.104. The molecule has 2 aromatic rings. The van der Waals surface area contributed by atoms with Gasteiger partial charge in [-0.05, 0) is 43.3 Å². The lowest BCUT2D eigenvalue weighted by Gasteiger charge is -2.25. The summed E-state index contributed by atoms with van der Waals surface area (Å²) >= 11 is 5.89. The molecule has 0 amide bonds. The Morgan fingerprint density at radius 1 is 1.33 bits per heavy atom. The Kier molecular flexibility index (Phi) is 4.94. The summed E-state index contributed by atoms with van der Waals surface area (Å²) in [5, 5.41) is 9.87. The average molecular weight is 305 g/mol. The van der Waals surface area contributed by atoms with Gasteiger partial charge in [0.1, 0.15) is 0 Å². The van der Waals surface area contributed by atoms with Crippen LogP contribution in [0.25, 0.3) is 0 Å². The van der Waals surface area contributed by atoms with Crippen molar-refractivity contribution in [3.05, 3.63) is 64.4 Å². The maximum absolute atomic E-state index is 11.2. The van der Waals surface area contributed by atoms with Crippen molar-refractivity contribution in [3.8, 4) is 0 Å². The Labute approximate surface area is 129 Å². The Balaban J connectivity index is 2.16. The van der Waals surface area contributed by atoms with E-state index in [4.69, 9.17) is 16.7 Å². The van der Waals surface area contributed by atoms with Gasteiger partial charge in [-0.15, -0.1) is 0 Å². The van der Waals surface area contributed by atoms with Crippen LogP contribution >= 0.6 is 11.6 Å².